The molecule has 1 unspecified atom stereocenters. The molecule has 0 saturated heterocycles. The fourth-order valence-electron chi connectivity index (χ4n) is 6.12. The molecule has 7 nitrogen and oxygen atoms in total. The highest BCUT2D eigenvalue weighted by atomic mass is 19.4. The van der Waals surface area contributed by atoms with Crippen molar-refractivity contribution >= 4 is 29.1 Å². The van der Waals surface area contributed by atoms with Gasteiger partial charge in [0.2, 0.25) is 5.95 Å². The van der Waals surface area contributed by atoms with Crippen molar-refractivity contribution in [2.45, 2.75) is 57.2 Å². The van der Waals surface area contributed by atoms with Crippen molar-refractivity contribution < 1.29 is 31.9 Å². The highest BCUT2D eigenvalue weighted by Crippen LogP contribution is 2.49. The summed E-state index contributed by atoms with van der Waals surface area (Å²) < 4.78 is 71.5. The zero-order chi connectivity index (χ0) is 30.0. The summed E-state index contributed by atoms with van der Waals surface area (Å²) in [6.07, 6.45) is -0.715. The minimum atomic E-state index is -4.87. The lowest BCUT2D eigenvalue weighted by molar-refractivity contribution is -0.139. The first-order chi connectivity index (χ1) is 19.8. The Kier molecular flexibility index (Phi) is 6.87. The van der Waals surface area contributed by atoms with Gasteiger partial charge in [0.25, 0.3) is 0 Å². The van der Waals surface area contributed by atoms with E-state index in [2.05, 4.69) is 26.3 Å². The minimum absolute atomic E-state index is 0.0703. The van der Waals surface area contributed by atoms with Gasteiger partial charge in [-0.2, -0.15) is 18.2 Å². The molecule has 12 heteroatoms. The maximum atomic E-state index is 14.4. The third-order valence-corrected chi connectivity index (χ3v) is 8.44. The number of rotatable bonds is 7. The average molecular weight is 588 g/mol. The number of halogens is 5. The van der Waals surface area contributed by atoms with Gasteiger partial charge >= 0.3 is 12.1 Å². The van der Waals surface area contributed by atoms with Gasteiger partial charge in [0.1, 0.15) is 5.56 Å². The van der Waals surface area contributed by atoms with Crippen molar-refractivity contribution in [2.24, 2.45) is 5.92 Å². The van der Waals surface area contributed by atoms with E-state index in [1.807, 2.05) is 13.1 Å². The Labute approximate surface area is 239 Å². The molecule has 6 rings (SSSR count). The van der Waals surface area contributed by atoms with Gasteiger partial charge in [-0.25, -0.2) is 13.8 Å². The zero-order valence-corrected chi connectivity index (χ0v) is 23.2. The third-order valence-electron chi connectivity index (χ3n) is 8.44. The van der Waals surface area contributed by atoms with Crippen LogP contribution in [0.15, 0.2) is 30.5 Å². The number of carboxylic acids is 1. The molecule has 42 heavy (non-hydrogen) atoms. The fraction of sp³-hybridized carbons (Fsp3) is 0.433. The molecule has 0 spiro atoms. The average Bonchev–Trinajstić information content (AvgIpc) is 3.67. The molecule has 3 aromatic rings. The first kappa shape index (κ1) is 28.3. The molecule has 0 radical (unpaired) electrons. The number of aliphatic carboxylic acids is 1. The Balaban J connectivity index is 1.44. The molecule has 3 heterocycles. The Morgan fingerprint density at radius 1 is 1.14 bits per heavy atom. The van der Waals surface area contributed by atoms with E-state index in [1.165, 1.54) is 12.5 Å². The molecule has 2 aromatic carbocycles. The number of nitrogens with one attached hydrogen (secondary N) is 1. The van der Waals surface area contributed by atoms with Gasteiger partial charge in [-0.3, -0.25) is 4.79 Å². The number of nitrogens with zero attached hydrogens (tertiary/aromatic N) is 4. The predicted molar refractivity (Wildman–Crippen MR) is 146 cm³/mol. The standard InChI is InChI=1S/C30H30F5N5O2/c1-29(12-26(41)42)15-40(25-11-23(32)22(31)10-20(25)29)27-21(30(33,34)35)13-36-28(38-27)37-24-9-19-14-39(2)6-5-17(19)8-18(24)7-16-3-4-16/h8-11,13,16H,3-7,12,14-15H2,1-2H3,(H,41,42)(H,36,37,38). The predicted octanol–water partition coefficient (Wildman–Crippen LogP) is 6.34. The van der Waals surface area contributed by atoms with Crippen molar-refractivity contribution in [1.29, 1.82) is 0 Å². The van der Waals surface area contributed by atoms with Crippen LogP contribution in [0.2, 0.25) is 0 Å². The molecule has 3 aliphatic rings. The summed E-state index contributed by atoms with van der Waals surface area (Å²) in [5.74, 6) is -3.80. The molecule has 2 aliphatic heterocycles. The van der Waals surface area contributed by atoms with Crippen LogP contribution in [0.1, 0.15) is 54.0 Å². The first-order valence-corrected chi connectivity index (χ1v) is 13.8. The number of carbonyl (C=O) groups is 1. The highest BCUT2D eigenvalue weighted by molar-refractivity contribution is 5.77. The van der Waals surface area contributed by atoms with E-state index in [9.17, 15) is 31.9 Å². The molecule has 1 saturated carbocycles. The number of hydrogen-bond acceptors (Lipinski definition) is 6. The van der Waals surface area contributed by atoms with Crippen LogP contribution in [-0.4, -0.2) is 46.1 Å². The summed E-state index contributed by atoms with van der Waals surface area (Å²) >= 11 is 0. The minimum Gasteiger partial charge on any atom is -0.481 e. The van der Waals surface area contributed by atoms with Gasteiger partial charge in [0.15, 0.2) is 17.5 Å². The second kappa shape index (κ2) is 10.2. The van der Waals surface area contributed by atoms with Gasteiger partial charge in [-0.1, -0.05) is 13.0 Å². The van der Waals surface area contributed by atoms with Crippen LogP contribution in [0.5, 0.6) is 0 Å². The van der Waals surface area contributed by atoms with Gasteiger partial charge in [-0.05, 0) is 73.0 Å². The smallest absolute Gasteiger partial charge is 0.421 e. The Hall–Kier alpha value is -3.80. The molecule has 1 fully saturated rings. The Morgan fingerprint density at radius 2 is 1.88 bits per heavy atom. The number of benzene rings is 2. The number of likely N-dealkylation sites (N-methyl/N-ethyl adjacent to an activating group) is 1. The second-order valence-corrected chi connectivity index (χ2v) is 12.0. The van der Waals surface area contributed by atoms with Gasteiger partial charge in [0, 0.05) is 48.7 Å². The highest BCUT2D eigenvalue weighted by Gasteiger charge is 2.46. The number of aromatic nitrogens is 2. The van der Waals surface area contributed by atoms with E-state index in [1.54, 1.807) is 0 Å². The summed E-state index contributed by atoms with van der Waals surface area (Å²) in [6, 6.07) is 5.83. The number of alkyl halides is 3. The topological polar surface area (TPSA) is 81.6 Å². The van der Waals surface area contributed by atoms with Crippen LogP contribution in [-0.2, 0) is 35.8 Å². The summed E-state index contributed by atoms with van der Waals surface area (Å²) in [6.45, 7) is 2.90. The van der Waals surface area contributed by atoms with Crippen LogP contribution >= 0.6 is 0 Å². The SMILES string of the molecule is CN1CCc2cc(CC3CC3)c(Nc3ncc(C(F)(F)F)c(N4CC(C)(CC(=O)O)c5cc(F)c(F)cc54)n3)cc2C1. The van der Waals surface area contributed by atoms with Crippen molar-refractivity contribution in [3.63, 3.8) is 0 Å². The monoisotopic (exact) mass is 587 g/mol. The van der Waals surface area contributed by atoms with Crippen LogP contribution in [0.25, 0.3) is 0 Å². The molecule has 1 atom stereocenters. The van der Waals surface area contributed by atoms with Gasteiger partial charge in [0.05, 0.1) is 6.42 Å². The Morgan fingerprint density at radius 3 is 2.57 bits per heavy atom. The molecule has 1 aliphatic carbocycles. The first-order valence-electron chi connectivity index (χ1n) is 13.8. The molecular formula is C30H30F5N5O2. The summed E-state index contributed by atoms with van der Waals surface area (Å²) in [5.41, 5.74) is 1.68. The molecule has 1 aromatic heterocycles. The van der Waals surface area contributed by atoms with Crippen molar-refractivity contribution in [1.82, 2.24) is 14.9 Å². The third kappa shape index (κ3) is 5.39. The lowest BCUT2D eigenvalue weighted by atomic mass is 9.81. The lowest BCUT2D eigenvalue weighted by Crippen LogP contribution is -2.32. The number of anilines is 4. The number of carboxylic acid groups (broad SMARTS) is 1. The summed E-state index contributed by atoms with van der Waals surface area (Å²) in [5, 5.41) is 12.7. The van der Waals surface area contributed by atoms with Crippen LogP contribution in [0, 0.1) is 17.6 Å². The van der Waals surface area contributed by atoms with E-state index in [4.69, 9.17) is 0 Å². The quantitative estimate of drug-likeness (QED) is 0.312. The van der Waals surface area contributed by atoms with E-state index in [-0.39, 0.29) is 23.7 Å². The van der Waals surface area contributed by atoms with Gasteiger partial charge in [-0.15, -0.1) is 0 Å². The van der Waals surface area contributed by atoms with E-state index in [0.717, 1.165) is 66.9 Å². The van der Waals surface area contributed by atoms with Crippen LogP contribution < -0.4 is 10.2 Å². The number of fused-ring (bicyclic) bond motifs is 2. The van der Waals surface area contributed by atoms with Crippen LogP contribution in [0.4, 0.5) is 45.1 Å². The molecule has 222 valence electrons. The normalized spacial score (nSPS) is 20.4. The van der Waals surface area contributed by atoms with Crippen molar-refractivity contribution in [3.05, 3.63) is 69.9 Å². The van der Waals surface area contributed by atoms with E-state index in [0.29, 0.717) is 17.8 Å². The molecule has 2 N–H and O–H groups in total. The summed E-state index contributed by atoms with van der Waals surface area (Å²) in [4.78, 5) is 23.3. The van der Waals surface area contributed by atoms with Crippen molar-refractivity contribution in [2.75, 3.05) is 30.4 Å². The molecule has 0 amide bonds. The van der Waals surface area contributed by atoms with Crippen molar-refractivity contribution in [3.8, 4) is 0 Å². The summed E-state index contributed by atoms with van der Waals surface area (Å²) in [7, 11) is 2.03. The van der Waals surface area contributed by atoms with E-state index < -0.39 is 47.0 Å². The lowest BCUT2D eigenvalue weighted by Gasteiger charge is -2.27. The zero-order valence-electron chi connectivity index (χ0n) is 23.2. The molecular weight excluding hydrogens is 557 g/mol. The second-order valence-electron chi connectivity index (χ2n) is 12.0. The van der Waals surface area contributed by atoms with Gasteiger partial charge < -0.3 is 20.2 Å². The maximum Gasteiger partial charge on any atom is 0.421 e. The van der Waals surface area contributed by atoms with E-state index >= 15 is 0 Å². The molecule has 0 bridgehead atoms. The maximum absolute atomic E-state index is 14.4. The Bertz CT molecular complexity index is 1570. The largest absolute Gasteiger partial charge is 0.481 e. The fourth-order valence-corrected chi connectivity index (χ4v) is 6.12. The van der Waals surface area contributed by atoms with Crippen LogP contribution in [0.3, 0.4) is 0 Å². The number of hydrogen-bond donors (Lipinski definition) is 2.